The van der Waals surface area contributed by atoms with Gasteiger partial charge in [0.05, 0.1) is 42.0 Å². The highest BCUT2D eigenvalue weighted by atomic mass is 16.5. The Bertz CT molecular complexity index is 1030. The molecule has 6 N–H and O–H groups in total. The lowest BCUT2D eigenvalue weighted by Crippen LogP contribution is -2.57. The number of aliphatic carboxylic acids is 1. The number of aliphatic hydroxyl groups excluding tert-OH is 5. The topological polar surface area (TPSA) is 148 Å². The molecule has 1 rings (SSSR count). The molecule has 0 unspecified atom stereocenters. The summed E-state index contributed by atoms with van der Waals surface area (Å²) >= 11 is 0. The Kier molecular flexibility index (Phi) is 15.7. The van der Waals surface area contributed by atoms with Gasteiger partial charge in [0, 0.05) is 17.8 Å². The fraction of sp³-hybridized carbons (Fsp3) is 0.750. The molecule has 1 heterocycles. The largest absolute Gasteiger partial charge is 0.481 e. The lowest BCUT2D eigenvalue weighted by atomic mass is 9.74. The van der Waals surface area contributed by atoms with Crippen LogP contribution >= 0.6 is 0 Å². The standard InChI is InChI=1S/C36H62O8/c1-12-21(2)18-35(10)19-27(8)33(41)36(11,44-35)20-26(7)31(39)23(4)14-16-29(37)22(3)13-15-30(38)24(5)17-25(6)32(40)28(9)34(42)43/h13-17,20-24,27-33,37-41H,12,18-19H2,1-11H3,(H,42,43)/b15-13+,16-14+,25-17+,26-20+/t21-,22+,23-,24-,27+,28+,29-,30+,31-,32+,33-,35-,36+/m1/s1. The summed E-state index contributed by atoms with van der Waals surface area (Å²) in [5, 5.41) is 62.8. The van der Waals surface area contributed by atoms with Crippen molar-refractivity contribution in [2.75, 3.05) is 0 Å². The lowest BCUT2D eigenvalue weighted by molar-refractivity contribution is -0.224. The molecule has 0 amide bonds. The number of carboxylic acids is 1. The molecule has 0 saturated carbocycles. The van der Waals surface area contributed by atoms with Gasteiger partial charge in [-0.1, -0.05) is 78.3 Å². The average molecular weight is 623 g/mol. The number of hydrogen-bond acceptors (Lipinski definition) is 7. The molecular weight excluding hydrogens is 560 g/mol. The predicted octanol–water partition coefficient (Wildman–Crippen LogP) is 5.43. The van der Waals surface area contributed by atoms with E-state index in [0.29, 0.717) is 17.1 Å². The zero-order chi connectivity index (χ0) is 34.2. The molecule has 13 atom stereocenters. The van der Waals surface area contributed by atoms with Gasteiger partial charge in [-0.05, 0) is 76.5 Å². The summed E-state index contributed by atoms with van der Waals surface area (Å²) in [5.41, 5.74) is -0.147. The van der Waals surface area contributed by atoms with Gasteiger partial charge in [-0.2, -0.15) is 0 Å². The number of hydrogen-bond donors (Lipinski definition) is 6. The molecule has 254 valence electrons. The van der Waals surface area contributed by atoms with Gasteiger partial charge >= 0.3 is 5.97 Å². The van der Waals surface area contributed by atoms with Gasteiger partial charge in [0.1, 0.15) is 5.60 Å². The maximum atomic E-state index is 11.1. The minimum absolute atomic E-state index is 0.0415. The van der Waals surface area contributed by atoms with E-state index in [2.05, 4.69) is 20.8 Å². The molecule has 0 aromatic rings. The van der Waals surface area contributed by atoms with Crippen molar-refractivity contribution in [1.29, 1.82) is 0 Å². The lowest BCUT2D eigenvalue weighted by Gasteiger charge is -2.51. The molecule has 8 nitrogen and oxygen atoms in total. The smallest absolute Gasteiger partial charge is 0.309 e. The molecule has 1 saturated heterocycles. The third-order valence-corrected chi connectivity index (χ3v) is 9.46. The number of aliphatic hydroxyl groups is 5. The van der Waals surface area contributed by atoms with E-state index >= 15 is 0 Å². The number of rotatable bonds is 16. The molecule has 1 fully saturated rings. The number of ether oxygens (including phenoxy) is 1. The van der Waals surface area contributed by atoms with Crippen LogP contribution in [0.1, 0.15) is 95.4 Å². The van der Waals surface area contributed by atoms with Crippen LogP contribution in [0, 0.1) is 35.5 Å². The van der Waals surface area contributed by atoms with Gasteiger partial charge in [-0.15, -0.1) is 0 Å². The van der Waals surface area contributed by atoms with Gasteiger partial charge in [0.2, 0.25) is 0 Å². The fourth-order valence-electron chi connectivity index (χ4n) is 6.35. The SMILES string of the molecule is CC[C@@H](C)C[C@]1(C)C[C@H](C)[C@@H](O)[C@](C)(/C=C(\C)[C@H](O)[C@H](C)/C=C/[C@@H](O)[C@@H](C)/C=C/[C@H](O)[C@H](C)/C=C(\C)[C@H](O)[C@H](C)C(=O)O)O1. The first kappa shape index (κ1) is 40.2. The van der Waals surface area contributed by atoms with Crippen molar-refractivity contribution in [3.05, 3.63) is 47.6 Å². The fourth-order valence-corrected chi connectivity index (χ4v) is 6.35. The van der Waals surface area contributed by atoms with E-state index < -0.39 is 48.0 Å². The van der Waals surface area contributed by atoms with E-state index in [0.717, 1.165) is 19.3 Å². The van der Waals surface area contributed by atoms with Crippen molar-refractivity contribution < 1.29 is 40.2 Å². The van der Waals surface area contributed by atoms with E-state index in [1.807, 2.05) is 40.7 Å². The minimum atomic E-state index is -1.14. The van der Waals surface area contributed by atoms with E-state index in [4.69, 9.17) is 9.84 Å². The highest BCUT2D eigenvalue weighted by Gasteiger charge is 2.48. The summed E-state index contributed by atoms with van der Waals surface area (Å²) in [6.45, 7) is 20.8. The number of carbonyl (C=O) groups is 1. The Morgan fingerprint density at radius 3 is 1.91 bits per heavy atom. The molecule has 0 spiro atoms. The van der Waals surface area contributed by atoms with Crippen molar-refractivity contribution in [3.8, 4) is 0 Å². The van der Waals surface area contributed by atoms with Crippen molar-refractivity contribution in [2.24, 2.45) is 35.5 Å². The van der Waals surface area contributed by atoms with E-state index in [-0.39, 0.29) is 29.3 Å². The Balaban J connectivity index is 2.90. The van der Waals surface area contributed by atoms with Gasteiger partial charge < -0.3 is 35.4 Å². The van der Waals surface area contributed by atoms with Crippen LogP contribution in [0.3, 0.4) is 0 Å². The maximum absolute atomic E-state index is 11.1. The normalized spacial score (nSPS) is 31.7. The first-order valence-corrected chi connectivity index (χ1v) is 16.3. The minimum Gasteiger partial charge on any atom is -0.481 e. The third kappa shape index (κ3) is 11.5. The average Bonchev–Trinajstić information content (AvgIpc) is 2.94. The molecule has 0 aliphatic carbocycles. The van der Waals surface area contributed by atoms with E-state index in [1.165, 1.54) is 6.92 Å². The van der Waals surface area contributed by atoms with Crippen LogP contribution in [-0.2, 0) is 9.53 Å². The van der Waals surface area contributed by atoms with Crippen molar-refractivity contribution in [3.63, 3.8) is 0 Å². The van der Waals surface area contributed by atoms with Crippen LogP contribution in [0.15, 0.2) is 47.6 Å². The Morgan fingerprint density at radius 2 is 1.39 bits per heavy atom. The monoisotopic (exact) mass is 622 g/mol. The van der Waals surface area contributed by atoms with Crippen molar-refractivity contribution in [1.82, 2.24) is 0 Å². The second-order valence-corrected chi connectivity index (χ2v) is 14.2. The molecule has 1 aliphatic heterocycles. The second-order valence-electron chi connectivity index (χ2n) is 14.2. The van der Waals surface area contributed by atoms with Gasteiger partial charge in [-0.25, -0.2) is 0 Å². The quantitative estimate of drug-likeness (QED) is 0.125. The molecule has 44 heavy (non-hydrogen) atoms. The molecule has 0 radical (unpaired) electrons. The Labute approximate surface area is 266 Å². The molecule has 1 aliphatic rings. The van der Waals surface area contributed by atoms with Crippen LogP contribution in [-0.4, -0.2) is 78.3 Å². The summed E-state index contributed by atoms with van der Waals surface area (Å²) in [5.74, 6) is -2.53. The van der Waals surface area contributed by atoms with Crippen LogP contribution < -0.4 is 0 Å². The van der Waals surface area contributed by atoms with Gasteiger partial charge in [-0.3, -0.25) is 4.79 Å². The molecule has 0 bridgehead atoms. The third-order valence-electron chi connectivity index (χ3n) is 9.46. The molecular formula is C36H62O8. The van der Waals surface area contributed by atoms with E-state index in [1.54, 1.807) is 44.2 Å². The highest BCUT2D eigenvalue weighted by molar-refractivity contribution is 5.70. The van der Waals surface area contributed by atoms with Gasteiger partial charge in [0.15, 0.2) is 0 Å². The Morgan fingerprint density at radius 1 is 0.864 bits per heavy atom. The zero-order valence-electron chi connectivity index (χ0n) is 28.9. The number of carboxylic acid groups (broad SMARTS) is 1. The molecule has 8 heteroatoms. The van der Waals surface area contributed by atoms with Gasteiger partial charge in [0.25, 0.3) is 0 Å². The first-order valence-electron chi connectivity index (χ1n) is 16.3. The van der Waals surface area contributed by atoms with Crippen LogP contribution in [0.25, 0.3) is 0 Å². The summed E-state index contributed by atoms with van der Waals surface area (Å²) in [6, 6.07) is 0. The summed E-state index contributed by atoms with van der Waals surface area (Å²) in [4.78, 5) is 11.1. The zero-order valence-corrected chi connectivity index (χ0v) is 28.9. The van der Waals surface area contributed by atoms with Crippen LogP contribution in [0.4, 0.5) is 0 Å². The second kappa shape index (κ2) is 17.2. The van der Waals surface area contributed by atoms with Crippen molar-refractivity contribution in [2.45, 2.75) is 137 Å². The van der Waals surface area contributed by atoms with E-state index in [9.17, 15) is 30.3 Å². The first-order chi connectivity index (χ1) is 20.2. The molecule has 0 aromatic carbocycles. The predicted molar refractivity (Wildman–Crippen MR) is 176 cm³/mol. The highest BCUT2D eigenvalue weighted by Crippen LogP contribution is 2.43. The van der Waals surface area contributed by atoms with Crippen LogP contribution in [0.5, 0.6) is 0 Å². The summed E-state index contributed by atoms with van der Waals surface area (Å²) in [6.07, 6.45) is 8.51. The molecule has 0 aromatic heterocycles. The summed E-state index contributed by atoms with van der Waals surface area (Å²) in [7, 11) is 0. The summed E-state index contributed by atoms with van der Waals surface area (Å²) < 4.78 is 6.60. The maximum Gasteiger partial charge on any atom is 0.309 e. The van der Waals surface area contributed by atoms with Crippen molar-refractivity contribution >= 4 is 5.97 Å². The van der Waals surface area contributed by atoms with Crippen LogP contribution in [0.2, 0.25) is 0 Å². The Hall–Kier alpha value is -1.81.